The first-order chi connectivity index (χ1) is 9.20. The van der Waals surface area contributed by atoms with Gasteiger partial charge in [-0.15, -0.1) is 0 Å². The molecule has 2 rings (SSSR count). The number of carbonyl (C=O) groups is 1. The molecule has 1 N–H and O–H groups in total. The maximum absolute atomic E-state index is 11.0. The second kappa shape index (κ2) is 7.25. The molecule has 2 heterocycles. The molecule has 0 amide bonds. The lowest BCUT2D eigenvalue weighted by atomic mass is 9.95. The Hall–Kier alpha value is -0.610. The number of hydrogen-bond acceptors (Lipinski definition) is 3. The third-order valence-corrected chi connectivity index (χ3v) is 4.79. The lowest BCUT2D eigenvalue weighted by Crippen LogP contribution is -2.47. The van der Waals surface area contributed by atoms with Gasteiger partial charge in [-0.2, -0.15) is 0 Å². The van der Waals surface area contributed by atoms with Crippen molar-refractivity contribution in [1.29, 1.82) is 0 Å². The van der Waals surface area contributed by atoms with Crippen molar-refractivity contribution in [3.05, 3.63) is 0 Å². The molecule has 19 heavy (non-hydrogen) atoms. The fraction of sp³-hybridized carbons (Fsp3) is 0.933. The van der Waals surface area contributed by atoms with Crippen LogP contribution in [0.1, 0.15) is 51.9 Å². The van der Waals surface area contributed by atoms with Gasteiger partial charge in [0, 0.05) is 12.1 Å². The zero-order valence-electron chi connectivity index (χ0n) is 12.2. The molecular weight excluding hydrogens is 240 g/mol. The first-order valence-electron chi connectivity index (χ1n) is 7.90. The van der Waals surface area contributed by atoms with Crippen LogP contribution in [0.2, 0.25) is 0 Å². The fourth-order valence-electron chi connectivity index (χ4n) is 3.71. The largest absolute Gasteiger partial charge is 0.481 e. The first-order valence-corrected chi connectivity index (χ1v) is 7.90. The van der Waals surface area contributed by atoms with E-state index in [2.05, 4.69) is 16.7 Å². The topological polar surface area (TPSA) is 43.8 Å². The molecule has 0 aliphatic carbocycles. The summed E-state index contributed by atoms with van der Waals surface area (Å²) in [5.74, 6) is -0.638. The minimum Gasteiger partial charge on any atom is -0.481 e. The van der Waals surface area contributed by atoms with E-state index in [1.54, 1.807) is 0 Å². The minimum absolute atomic E-state index is 0.282. The number of carboxylic acid groups (broad SMARTS) is 1. The highest BCUT2D eigenvalue weighted by atomic mass is 16.4. The minimum atomic E-state index is -0.638. The summed E-state index contributed by atoms with van der Waals surface area (Å²) in [6.07, 6.45) is 7.55. The van der Waals surface area contributed by atoms with Crippen LogP contribution >= 0.6 is 0 Å². The van der Waals surface area contributed by atoms with E-state index in [0.717, 1.165) is 19.5 Å². The highest BCUT2D eigenvalue weighted by Gasteiger charge is 2.31. The third-order valence-electron chi connectivity index (χ3n) is 4.79. The molecule has 110 valence electrons. The second-order valence-corrected chi connectivity index (χ2v) is 6.00. The molecular formula is C15H28N2O2. The van der Waals surface area contributed by atoms with Gasteiger partial charge in [0.15, 0.2) is 0 Å². The molecule has 0 aromatic rings. The van der Waals surface area contributed by atoms with Crippen molar-refractivity contribution in [2.24, 2.45) is 0 Å². The smallest absolute Gasteiger partial charge is 0.304 e. The van der Waals surface area contributed by atoms with Crippen LogP contribution in [-0.2, 0) is 4.79 Å². The van der Waals surface area contributed by atoms with Crippen LogP contribution < -0.4 is 0 Å². The Morgan fingerprint density at radius 2 is 1.95 bits per heavy atom. The Kier molecular flexibility index (Phi) is 5.64. The molecule has 0 aromatic carbocycles. The number of rotatable bonds is 4. The molecule has 2 aliphatic rings. The van der Waals surface area contributed by atoms with Gasteiger partial charge >= 0.3 is 5.97 Å². The van der Waals surface area contributed by atoms with Crippen LogP contribution in [0.5, 0.6) is 0 Å². The van der Waals surface area contributed by atoms with Gasteiger partial charge in [-0.05, 0) is 58.3 Å². The summed E-state index contributed by atoms with van der Waals surface area (Å²) < 4.78 is 0. The van der Waals surface area contributed by atoms with Crippen LogP contribution in [-0.4, -0.2) is 59.1 Å². The molecule has 2 fully saturated rings. The molecule has 2 saturated heterocycles. The van der Waals surface area contributed by atoms with Gasteiger partial charge in [0.1, 0.15) is 0 Å². The summed E-state index contributed by atoms with van der Waals surface area (Å²) in [5, 5.41) is 9.08. The van der Waals surface area contributed by atoms with E-state index < -0.39 is 5.97 Å². The molecule has 2 atom stereocenters. The molecule has 0 aromatic heterocycles. The molecule has 4 nitrogen and oxygen atoms in total. The Bertz CT molecular complexity index is 296. The number of aliphatic carboxylic acids is 1. The van der Waals surface area contributed by atoms with Gasteiger partial charge in [0.05, 0.1) is 6.42 Å². The number of likely N-dealkylation sites (tertiary alicyclic amines) is 2. The van der Waals surface area contributed by atoms with Crippen molar-refractivity contribution in [2.75, 3.05) is 26.2 Å². The number of carboxylic acids is 1. The van der Waals surface area contributed by atoms with Crippen LogP contribution in [0.15, 0.2) is 0 Å². The average molecular weight is 268 g/mol. The van der Waals surface area contributed by atoms with Gasteiger partial charge in [0.2, 0.25) is 0 Å². The van der Waals surface area contributed by atoms with Gasteiger partial charge in [-0.3, -0.25) is 9.69 Å². The average Bonchev–Trinajstić information content (AvgIpc) is 2.64. The van der Waals surface area contributed by atoms with Crippen LogP contribution in [0.25, 0.3) is 0 Å². The predicted molar refractivity (Wildman–Crippen MR) is 76.4 cm³/mol. The monoisotopic (exact) mass is 268 g/mol. The summed E-state index contributed by atoms with van der Waals surface area (Å²) in [4.78, 5) is 16.1. The zero-order chi connectivity index (χ0) is 13.7. The van der Waals surface area contributed by atoms with Crippen LogP contribution in [0, 0.1) is 0 Å². The van der Waals surface area contributed by atoms with E-state index in [0.29, 0.717) is 12.5 Å². The summed E-state index contributed by atoms with van der Waals surface area (Å²) >= 11 is 0. The quantitative estimate of drug-likeness (QED) is 0.849. The Balaban J connectivity index is 1.94. The normalized spacial score (nSPS) is 31.0. The van der Waals surface area contributed by atoms with Crippen LogP contribution in [0.3, 0.4) is 0 Å². The standard InChI is InChI=1S/C15H28N2O2/c1-2-16-9-5-7-13(8-11-16)17-10-4-3-6-14(17)12-15(18)19/h13-14H,2-12H2,1H3,(H,18,19). The first kappa shape index (κ1) is 14.8. The van der Waals surface area contributed by atoms with E-state index in [-0.39, 0.29) is 6.04 Å². The molecule has 0 bridgehead atoms. The molecule has 2 unspecified atom stereocenters. The maximum atomic E-state index is 11.0. The van der Waals surface area contributed by atoms with E-state index in [9.17, 15) is 4.79 Å². The summed E-state index contributed by atoms with van der Waals surface area (Å²) in [5.41, 5.74) is 0. The highest BCUT2D eigenvalue weighted by Crippen LogP contribution is 2.27. The Morgan fingerprint density at radius 1 is 1.11 bits per heavy atom. The number of nitrogens with zero attached hydrogens (tertiary/aromatic N) is 2. The van der Waals surface area contributed by atoms with Crippen molar-refractivity contribution in [1.82, 2.24) is 9.80 Å². The Labute approximate surface area is 116 Å². The van der Waals surface area contributed by atoms with Crippen molar-refractivity contribution >= 4 is 5.97 Å². The number of hydrogen-bond donors (Lipinski definition) is 1. The molecule has 4 heteroatoms. The summed E-state index contributed by atoms with van der Waals surface area (Å²) in [6, 6.07) is 0.894. The van der Waals surface area contributed by atoms with Gasteiger partial charge in [-0.1, -0.05) is 13.3 Å². The van der Waals surface area contributed by atoms with Crippen molar-refractivity contribution in [3.8, 4) is 0 Å². The summed E-state index contributed by atoms with van der Waals surface area (Å²) in [6.45, 7) is 6.87. The molecule has 0 radical (unpaired) electrons. The Morgan fingerprint density at radius 3 is 2.68 bits per heavy atom. The second-order valence-electron chi connectivity index (χ2n) is 6.00. The van der Waals surface area contributed by atoms with E-state index >= 15 is 0 Å². The van der Waals surface area contributed by atoms with E-state index in [1.807, 2.05) is 0 Å². The van der Waals surface area contributed by atoms with Gasteiger partial charge in [0.25, 0.3) is 0 Å². The van der Waals surface area contributed by atoms with Gasteiger partial charge in [-0.25, -0.2) is 0 Å². The van der Waals surface area contributed by atoms with Crippen molar-refractivity contribution in [2.45, 2.75) is 64.0 Å². The SMILES string of the molecule is CCN1CCCC(N2CCCCC2CC(=O)O)CC1. The lowest BCUT2D eigenvalue weighted by molar-refractivity contribution is -0.139. The lowest BCUT2D eigenvalue weighted by Gasteiger charge is -2.40. The third kappa shape index (κ3) is 4.18. The summed E-state index contributed by atoms with van der Waals surface area (Å²) in [7, 11) is 0. The van der Waals surface area contributed by atoms with Crippen molar-refractivity contribution < 1.29 is 9.90 Å². The van der Waals surface area contributed by atoms with Gasteiger partial charge < -0.3 is 10.0 Å². The molecule has 0 saturated carbocycles. The zero-order valence-corrected chi connectivity index (χ0v) is 12.2. The highest BCUT2D eigenvalue weighted by molar-refractivity contribution is 5.67. The molecule has 0 spiro atoms. The van der Waals surface area contributed by atoms with Crippen molar-refractivity contribution in [3.63, 3.8) is 0 Å². The maximum Gasteiger partial charge on any atom is 0.304 e. The van der Waals surface area contributed by atoms with E-state index in [1.165, 1.54) is 45.2 Å². The van der Waals surface area contributed by atoms with Crippen LogP contribution in [0.4, 0.5) is 0 Å². The molecule has 2 aliphatic heterocycles. The fourth-order valence-corrected chi connectivity index (χ4v) is 3.71. The van der Waals surface area contributed by atoms with E-state index in [4.69, 9.17) is 5.11 Å². The number of piperidine rings is 1. The predicted octanol–water partition coefficient (Wildman–Crippen LogP) is 2.19.